The Kier molecular flexibility index (Phi) is 20.0. The Balaban J connectivity index is 3.54. The van der Waals surface area contributed by atoms with E-state index in [0.717, 1.165) is 19.3 Å². The number of rotatable bonds is 23. The minimum Gasteiger partial charge on any atom is -0.590 e. The van der Waals surface area contributed by atoms with Gasteiger partial charge in [0.1, 0.15) is 0 Å². The molecule has 0 amide bonds. The Hall–Kier alpha value is -0.240. The summed E-state index contributed by atoms with van der Waals surface area (Å²) in [6.07, 6.45) is 30.1. The minimum absolute atomic E-state index is 0.506. The summed E-state index contributed by atoms with van der Waals surface area (Å²) in [5.74, 6) is 0. The molecule has 4 heteroatoms. The lowest BCUT2D eigenvalue weighted by Gasteiger charge is -2.39. The van der Waals surface area contributed by atoms with Crippen LogP contribution in [0.4, 0.5) is 0 Å². The molecule has 0 aromatic heterocycles. The molecule has 0 saturated carbocycles. The highest BCUT2D eigenvalue weighted by Crippen LogP contribution is 2.44. The van der Waals surface area contributed by atoms with Crippen LogP contribution in [0, 0.1) is 0 Å². The van der Waals surface area contributed by atoms with Crippen molar-refractivity contribution in [2.45, 2.75) is 148 Å². The first kappa shape index (κ1) is 31.8. The minimum atomic E-state index is -2.42. The van der Waals surface area contributed by atoms with Gasteiger partial charge in [-0.1, -0.05) is 114 Å². The van der Waals surface area contributed by atoms with Gasteiger partial charge in [-0.2, -0.15) is 0 Å². The average Bonchev–Trinajstić information content (AvgIpc) is 2.74. The van der Waals surface area contributed by atoms with Gasteiger partial charge >= 0.3 is 8.03 Å². The lowest BCUT2D eigenvalue weighted by molar-refractivity contribution is -0.910. The Bertz CT molecular complexity index is 473. The van der Waals surface area contributed by atoms with Crippen LogP contribution in [0.3, 0.4) is 0 Å². The number of quaternary nitrogens is 1. The molecule has 0 aromatic carbocycles. The molecule has 0 aliphatic carbocycles. The van der Waals surface area contributed by atoms with Gasteiger partial charge in [0, 0.05) is 12.8 Å². The van der Waals surface area contributed by atoms with Crippen molar-refractivity contribution in [2.75, 3.05) is 21.1 Å². The number of nitrogens with zero attached hydrogens (tertiary/aromatic N) is 1. The van der Waals surface area contributed by atoms with Crippen LogP contribution in [0.1, 0.15) is 142 Å². The fourth-order valence-corrected chi connectivity index (χ4v) is 5.90. The number of allylic oxidation sites excluding steroid dienone is 2. The number of hydrogen-bond acceptors (Lipinski definition) is 2. The predicted molar refractivity (Wildman–Crippen MR) is 141 cm³/mol. The van der Waals surface area contributed by atoms with Crippen LogP contribution in [0.15, 0.2) is 12.2 Å². The fourth-order valence-electron chi connectivity index (χ4n) is 4.81. The van der Waals surface area contributed by atoms with Gasteiger partial charge in [-0.3, -0.25) is 4.48 Å². The molecule has 2 unspecified atom stereocenters. The summed E-state index contributed by atoms with van der Waals surface area (Å²) in [5.41, 5.74) is 0. The van der Waals surface area contributed by atoms with E-state index >= 15 is 0 Å². The van der Waals surface area contributed by atoms with Crippen molar-refractivity contribution >= 4 is 8.03 Å². The van der Waals surface area contributed by atoms with Gasteiger partial charge in [0.05, 0.1) is 21.1 Å². The van der Waals surface area contributed by atoms with E-state index in [4.69, 9.17) is 0 Å². The van der Waals surface area contributed by atoms with Gasteiger partial charge in [0.15, 0.2) is 0 Å². The highest BCUT2D eigenvalue weighted by Gasteiger charge is 2.52. The van der Waals surface area contributed by atoms with Gasteiger partial charge in [0.2, 0.25) is 0 Å². The van der Waals surface area contributed by atoms with Crippen LogP contribution in [-0.4, -0.2) is 30.9 Å². The first-order valence-corrected chi connectivity index (χ1v) is 15.1. The maximum Gasteiger partial charge on any atom is 0.376 e. The summed E-state index contributed by atoms with van der Waals surface area (Å²) in [6.45, 7) is 4.30. The zero-order valence-electron chi connectivity index (χ0n) is 22.5. The molecule has 0 aliphatic rings. The summed E-state index contributed by atoms with van der Waals surface area (Å²) >= 11 is 0. The van der Waals surface area contributed by atoms with Crippen molar-refractivity contribution in [2.24, 2.45) is 0 Å². The molecular weight excluding hydrogens is 413 g/mol. The summed E-state index contributed by atoms with van der Waals surface area (Å²) in [5, 5.41) is -0.605. The summed E-state index contributed by atoms with van der Waals surface area (Å²) in [6, 6.07) is 0. The lowest BCUT2D eigenvalue weighted by atomic mass is 10.0. The zero-order valence-corrected chi connectivity index (χ0v) is 23.4. The third-order valence-electron chi connectivity index (χ3n) is 7.24. The topological polar surface area (TPSA) is 40.1 Å². The largest absolute Gasteiger partial charge is 0.590 e. The van der Waals surface area contributed by atoms with E-state index in [-0.39, 0.29) is 0 Å². The number of unbranched alkanes of at least 4 members (excludes halogenated alkanes) is 16. The van der Waals surface area contributed by atoms with Crippen molar-refractivity contribution < 1.29 is 13.9 Å². The SMILES string of the molecule is CCCCCCCCCCCCCC=CCCCCCCCC(CC)([P+](=O)[O-])[N+](C)(C)C. The molecule has 0 radical (unpaired) electrons. The zero-order chi connectivity index (χ0) is 24.1. The van der Waals surface area contributed by atoms with E-state index in [2.05, 4.69) is 19.1 Å². The van der Waals surface area contributed by atoms with E-state index in [1.165, 1.54) is 103 Å². The van der Waals surface area contributed by atoms with E-state index in [0.29, 0.717) is 10.9 Å². The third-order valence-corrected chi connectivity index (χ3v) is 9.06. The summed E-state index contributed by atoms with van der Waals surface area (Å²) in [4.78, 5) is 11.9. The third kappa shape index (κ3) is 14.8. The molecule has 190 valence electrons. The number of hydrogen-bond donors (Lipinski definition) is 0. The molecule has 0 aliphatic heterocycles. The quantitative estimate of drug-likeness (QED) is 0.0647. The molecule has 0 spiro atoms. The van der Waals surface area contributed by atoms with Crippen molar-refractivity contribution in [1.29, 1.82) is 0 Å². The average molecular weight is 471 g/mol. The molecule has 0 bridgehead atoms. The molecule has 0 aromatic rings. The highest BCUT2D eigenvalue weighted by atomic mass is 31.1. The Morgan fingerprint density at radius 2 is 1.03 bits per heavy atom. The molecule has 2 atom stereocenters. The smallest absolute Gasteiger partial charge is 0.376 e. The molecular formula is C28H57NO2P+. The first-order chi connectivity index (χ1) is 15.3. The molecule has 0 N–H and O–H groups in total. The second kappa shape index (κ2) is 20.2. The second-order valence-corrected chi connectivity index (χ2v) is 12.1. The standard InChI is InChI=1S/C28H57NO2P/c1-6-8-9-10-11-12-13-14-15-16-17-18-19-20-21-22-23-24-25-26-27-28(7-2,32(30)31)29(3,4)5/h19-20H,6-18,21-27H2,1-5H3/q+1. The normalized spacial score (nSPS) is 14.8. The Labute approximate surface area is 202 Å². The molecule has 0 saturated heterocycles. The van der Waals surface area contributed by atoms with Gasteiger partial charge in [-0.05, 0) is 32.1 Å². The monoisotopic (exact) mass is 470 g/mol. The fraction of sp³-hybridized carbons (Fsp3) is 0.929. The lowest BCUT2D eigenvalue weighted by Crippen LogP contribution is -2.55. The van der Waals surface area contributed by atoms with Crippen LogP contribution < -0.4 is 4.89 Å². The van der Waals surface area contributed by atoms with Crippen molar-refractivity contribution in [3.63, 3.8) is 0 Å². The van der Waals surface area contributed by atoms with Crippen LogP contribution in [0.5, 0.6) is 0 Å². The van der Waals surface area contributed by atoms with Crippen LogP contribution >= 0.6 is 8.03 Å². The predicted octanol–water partition coefficient (Wildman–Crippen LogP) is 8.89. The molecule has 0 rings (SSSR count). The van der Waals surface area contributed by atoms with Crippen molar-refractivity contribution in [3.8, 4) is 0 Å². The molecule has 32 heavy (non-hydrogen) atoms. The maximum atomic E-state index is 11.9. The molecule has 0 heterocycles. The Morgan fingerprint density at radius 3 is 1.38 bits per heavy atom. The van der Waals surface area contributed by atoms with E-state index < -0.39 is 13.3 Å². The van der Waals surface area contributed by atoms with Gasteiger partial charge in [-0.25, -0.2) is 0 Å². The summed E-state index contributed by atoms with van der Waals surface area (Å²) < 4.78 is 12.5. The van der Waals surface area contributed by atoms with E-state index in [9.17, 15) is 9.46 Å². The van der Waals surface area contributed by atoms with Crippen molar-refractivity contribution in [3.05, 3.63) is 12.2 Å². The Morgan fingerprint density at radius 1 is 0.656 bits per heavy atom. The summed E-state index contributed by atoms with van der Waals surface area (Å²) in [7, 11) is 3.61. The maximum absolute atomic E-state index is 11.9. The van der Waals surface area contributed by atoms with E-state index in [1.807, 2.05) is 28.1 Å². The van der Waals surface area contributed by atoms with Crippen LogP contribution in [-0.2, 0) is 4.57 Å². The van der Waals surface area contributed by atoms with Gasteiger partial charge < -0.3 is 4.89 Å². The van der Waals surface area contributed by atoms with E-state index in [1.54, 1.807) is 0 Å². The molecule has 0 fully saturated rings. The van der Waals surface area contributed by atoms with Gasteiger partial charge in [0.25, 0.3) is 5.28 Å². The van der Waals surface area contributed by atoms with Gasteiger partial charge in [-0.15, -0.1) is 0 Å². The first-order valence-electron chi connectivity index (χ1n) is 13.9. The van der Waals surface area contributed by atoms with Crippen LogP contribution in [0.25, 0.3) is 0 Å². The van der Waals surface area contributed by atoms with Crippen LogP contribution in [0.2, 0.25) is 0 Å². The van der Waals surface area contributed by atoms with Crippen molar-refractivity contribution in [1.82, 2.24) is 0 Å². The second-order valence-electron chi connectivity index (χ2n) is 10.7. The molecule has 3 nitrogen and oxygen atoms in total. The highest BCUT2D eigenvalue weighted by molar-refractivity contribution is 7.38.